The molecule has 1 N–H and O–H groups in total. The SMILES string of the molecule is O=C(O)COc1ccc(/C=C2\CCn3c2nc2cc(Cl)ccc2c3=O)cc1. The lowest BCUT2D eigenvalue weighted by atomic mass is 10.1. The predicted octanol–water partition coefficient (Wildman–Crippen LogP) is 3.46. The minimum absolute atomic E-state index is 0.0625. The Hall–Kier alpha value is -3.12. The Balaban J connectivity index is 1.68. The van der Waals surface area contributed by atoms with Crippen molar-refractivity contribution in [2.75, 3.05) is 6.61 Å². The number of carbonyl (C=O) groups is 1. The molecule has 0 atom stereocenters. The van der Waals surface area contributed by atoms with Crippen LogP contribution in [0.15, 0.2) is 47.3 Å². The standard InChI is InChI=1S/C20H15ClN2O4/c21-14-3-6-16-17(10-14)22-19-13(7-8-23(19)20(16)26)9-12-1-4-15(5-2-12)27-11-18(24)25/h1-6,9-10H,7-8,11H2,(H,24,25)/b13-9+. The molecular weight excluding hydrogens is 368 g/mol. The largest absolute Gasteiger partial charge is 0.482 e. The molecule has 136 valence electrons. The van der Waals surface area contributed by atoms with Gasteiger partial charge in [0.1, 0.15) is 11.6 Å². The normalized spacial score (nSPS) is 14.5. The van der Waals surface area contributed by atoms with Crippen molar-refractivity contribution >= 4 is 40.1 Å². The summed E-state index contributed by atoms with van der Waals surface area (Å²) in [7, 11) is 0. The van der Waals surface area contributed by atoms with Gasteiger partial charge in [-0.3, -0.25) is 9.36 Å². The van der Waals surface area contributed by atoms with Gasteiger partial charge in [-0.25, -0.2) is 9.78 Å². The van der Waals surface area contributed by atoms with Crippen LogP contribution in [-0.4, -0.2) is 27.2 Å². The molecule has 2 aromatic carbocycles. The quantitative estimate of drug-likeness (QED) is 0.747. The summed E-state index contributed by atoms with van der Waals surface area (Å²) in [5.41, 5.74) is 2.41. The summed E-state index contributed by atoms with van der Waals surface area (Å²) in [6.07, 6.45) is 2.69. The van der Waals surface area contributed by atoms with Crippen LogP contribution >= 0.6 is 11.6 Å². The van der Waals surface area contributed by atoms with Gasteiger partial charge in [0.05, 0.1) is 10.9 Å². The number of aliphatic carboxylic acids is 1. The maximum Gasteiger partial charge on any atom is 0.341 e. The van der Waals surface area contributed by atoms with Crippen LogP contribution in [0.3, 0.4) is 0 Å². The van der Waals surface area contributed by atoms with E-state index >= 15 is 0 Å². The molecule has 0 saturated heterocycles. The number of ether oxygens (including phenoxy) is 1. The molecule has 6 nitrogen and oxygen atoms in total. The zero-order valence-electron chi connectivity index (χ0n) is 14.2. The van der Waals surface area contributed by atoms with Crippen LogP contribution in [0.1, 0.15) is 17.8 Å². The summed E-state index contributed by atoms with van der Waals surface area (Å²) in [5.74, 6) is 0.120. The van der Waals surface area contributed by atoms with Gasteiger partial charge in [0.2, 0.25) is 0 Å². The second-order valence-electron chi connectivity index (χ2n) is 6.22. The molecule has 0 bridgehead atoms. The molecule has 0 fully saturated rings. The van der Waals surface area contributed by atoms with Crippen LogP contribution in [0.4, 0.5) is 0 Å². The minimum Gasteiger partial charge on any atom is -0.482 e. The van der Waals surface area contributed by atoms with Crippen molar-refractivity contribution in [1.29, 1.82) is 0 Å². The van der Waals surface area contributed by atoms with Crippen molar-refractivity contribution in [3.8, 4) is 5.75 Å². The number of allylic oxidation sites excluding steroid dienone is 1. The Morgan fingerprint density at radius 3 is 2.78 bits per heavy atom. The predicted molar refractivity (Wildman–Crippen MR) is 103 cm³/mol. The van der Waals surface area contributed by atoms with Crippen molar-refractivity contribution in [1.82, 2.24) is 9.55 Å². The highest BCUT2D eigenvalue weighted by molar-refractivity contribution is 6.31. The maximum absolute atomic E-state index is 12.7. The highest BCUT2D eigenvalue weighted by atomic mass is 35.5. The molecule has 2 heterocycles. The lowest BCUT2D eigenvalue weighted by Crippen LogP contribution is -2.20. The Kier molecular flexibility index (Phi) is 4.41. The third kappa shape index (κ3) is 3.44. The Bertz CT molecular complexity index is 1130. The summed E-state index contributed by atoms with van der Waals surface area (Å²) < 4.78 is 6.82. The van der Waals surface area contributed by atoms with Gasteiger partial charge < -0.3 is 9.84 Å². The summed E-state index contributed by atoms with van der Waals surface area (Å²) in [4.78, 5) is 27.9. The van der Waals surface area contributed by atoms with Gasteiger partial charge in [-0.15, -0.1) is 0 Å². The van der Waals surface area contributed by atoms with E-state index in [-0.39, 0.29) is 12.2 Å². The molecule has 0 spiro atoms. The molecule has 27 heavy (non-hydrogen) atoms. The summed E-state index contributed by atoms with van der Waals surface area (Å²) >= 11 is 6.04. The van der Waals surface area contributed by atoms with Gasteiger partial charge in [-0.1, -0.05) is 23.7 Å². The first-order chi connectivity index (χ1) is 13.0. The number of aromatic nitrogens is 2. The molecule has 0 amide bonds. The Labute approximate surface area is 159 Å². The molecule has 0 saturated carbocycles. The van der Waals surface area contributed by atoms with E-state index < -0.39 is 5.97 Å². The lowest BCUT2D eigenvalue weighted by Gasteiger charge is -2.06. The van der Waals surface area contributed by atoms with E-state index in [4.69, 9.17) is 21.4 Å². The van der Waals surface area contributed by atoms with Crippen LogP contribution < -0.4 is 10.3 Å². The molecule has 0 radical (unpaired) electrons. The average molecular weight is 383 g/mol. The van der Waals surface area contributed by atoms with Crippen LogP contribution in [0.5, 0.6) is 5.75 Å². The minimum atomic E-state index is -1.02. The highest BCUT2D eigenvalue weighted by Gasteiger charge is 2.20. The van der Waals surface area contributed by atoms with Crippen molar-refractivity contribution in [2.24, 2.45) is 0 Å². The van der Waals surface area contributed by atoms with E-state index in [1.807, 2.05) is 18.2 Å². The molecule has 3 aromatic rings. The van der Waals surface area contributed by atoms with Gasteiger partial charge in [0.15, 0.2) is 6.61 Å². The van der Waals surface area contributed by atoms with Crippen molar-refractivity contribution in [3.05, 3.63) is 69.2 Å². The van der Waals surface area contributed by atoms with Gasteiger partial charge >= 0.3 is 5.97 Å². The number of rotatable bonds is 4. The van der Waals surface area contributed by atoms with Crippen molar-refractivity contribution in [3.63, 3.8) is 0 Å². The second kappa shape index (κ2) is 6.89. The molecule has 1 aliphatic heterocycles. The third-order valence-electron chi connectivity index (χ3n) is 4.39. The fraction of sp³-hybridized carbons (Fsp3) is 0.150. The Morgan fingerprint density at radius 1 is 1.26 bits per heavy atom. The maximum atomic E-state index is 12.7. The van der Waals surface area contributed by atoms with Crippen LogP contribution in [0.25, 0.3) is 22.6 Å². The van der Waals surface area contributed by atoms with Gasteiger partial charge in [0, 0.05) is 11.6 Å². The molecule has 0 unspecified atom stereocenters. The fourth-order valence-electron chi connectivity index (χ4n) is 3.13. The fourth-order valence-corrected chi connectivity index (χ4v) is 3.30. The number of carboxylic acids is 1. The molecule has 1 aliphatic rings. The number of fused-ring (bicyclic) bond motifs is 2. The average Bonchev–Trinajstić information content (AvgIpc) is 3.04. The van der Waals surface area contributed by atoms with E-state index in [1.165, 1.54) is 0 Å². The lowest BCUT2D eigenvalue weighted by molar-refractivity contribution is -0.139. The van der Waals surface area contributed by atoms with E-state index in [0.29, 0.717) is 40.5 Å². The van der Waals surface area contributed by atoms with Gasteiger partial charge in [-0.2, -0.15) is 0 Å². The first kappa shape index (κ1) is 17.3. The number of nitrogens with zero attached hydrogens (tertiary/aromatic N) is 2. The second-order valence-corrected chi connectivity index (χ2v) is 6.66. The van der Waals surface area contributed by atoms with E-state index in [0.717, 1.165) is 11.1 Å². The highest BCUT2D eigenvalue weighted by Crippen LogP contribution is 2.28. The topological polar surface area (TPSA) is 81.4 Å². The number of benzene rings is 2. The molecular formula is C20H15ClN2O4. The van der Waals surface area contributed by atoms with E-state index in [9.17, 15) is 9.59 Å². The zero-order chi connectivity index (χ0) is 19.0. The first-order valence-electron chi connectivity index (χ1n) is 8.37. The number of carboxylic acid groups (broad SMARTS) is 1. The summed E-state index contributed by atoms with van der Waals surface area (Å²) in [6.45, 7) is 0.210. The Morgan fingerprint density at radius 2 is 2.04 bits per heavy atom. The van der Waals surface area contributed by atoms with Crippen LogP contribution in [-0.2, 0) is 11.3 Å². The number of hydrogen-bond donors (Lipinski definition) is 1. The number of hydrogen-bond acceptors (Lipinski definition) is 4. The molecule has 1 aromatic heterocycles. The monoisotopic (exact) mass is 382 g/mol. The van der Waals surface area contributed by atoms with Crippen molar-refractivity contribution in [2.45, 2.75) is 13.0 Å². The molecule has 4 rings (SSSR count). The molecule has 7 heteroatoms. The molecule has 0 aliphatic carbocycles. The van der Waals surface area contributed by atoms with E-state index in [2.05, 4.69) is 4.98 Å². The van der Waals surface area contributed by atoms with Crippen LogP contribution in [0.2, 0.25) is 5.02 Å². The summed E-state index contributed by atoms with van der Waals surface area (Å²) in [5, 5.41) is 9.75. The zero-order valence-corrected chi connectivity index (χ0v) is 14.9. The van der Waals surface area contributed by atoms with Crippen molar-refractivity contribution < 1.29 is 14.6 Å². The van der Waals surface area contributed by atoms with Gasteiger partial charge in [-0.05, 0) is 54.0 Å². The number of halogens is 1. The summed E-state index contributed by atoms with van der Waals surface area (Å²) in [6, 6.07) is 12.2. The third-order valence-corrected chi connectivity index (χ3v) is 4.63. The first-order valence-corrected chi connectivity index (χ1v) is 8.75. The van der Waals surface area contributed by atoms with E-state index in [1.54, 1.807) is 34.9 Å². The van der Waals surface area contributed by atoms with Crippen LogP contribution in [0, 0.1) is 0 Å². The smallest absolute Gasteiger partial charge is 0.341 e. The van der Waals surface area contributed by atoms with Gasteiger partial charge in [0.25, 0.3) is 5.56 Å².